The third-order valence-electron chi connectivity index (χ3n) is 6.60. The molecule has 1 saturated carbocycles. The van der Waals surface area contributed by atoms with E-state index in [9.17, 15) is 14.7 Å². The summed E-state index contributed by atoms with van der Waals surface area (Å²) in [5.41, 5.74) is 2.19. The zero-order valence-electron chi connectivity index (χ0n) is 18.8. The van der Waals surface area contributed by atoms with E-state index in [0.717, 1.165) is 37.7 Å². The Bertz CT molecular complexity index is 1230. The fourth-order valence-electron chi connectivity index (χ4n) is 4.89. The molecule has 0 radical (unpaired) electrons. The van der Waals surface area contributed by atoms with Crippen LogP contribution in [0.4, 0.5) is 5.13 Å². The fraction of sp³-hybridized carbons (Fsp3) is 0.308. The Kier molecular flexibility index (Phi) is 6.15. The van der Waals surface area contributed by atoms with E-state index < -0.39 is 17.7 Å². The molecule has 2 aromatic heterocycles. The number of thiazole rings is 1. The van der Waals surface area contributed by atoms with Crippen molar-refractivity contribution in [2.75, 3.05) is 12.0 Å². The standard InChI is InChI=1S/C26H25N3O4S/c1-33-19-11-9-17(10-12-19)23(30)21-22(16-6-3-2-4-7-16)29(25(32)24(21)31)26-28-20(15-34-26)18-8-5-13-27-14-18/h5,8-16,22,30H,2-4,6-7H2,1H3/b23-21-. The molecule has 1 aliphatic heterocycles. The van der Waals surface area contributed by atoms with Crippen LogP contribution in [0.5, 0.6) is 5.75 Å². The Morgan fingerprint density at radius 1 is 1.12 bits per heavy atom. The van der Waals surface area contributed by atoms with Crippen LogP contribution in [0.1, 0.15) is 37.7 Å². The summed E-state index contributed by atoms with van der Waals surface area (Å²) in [4.78, 5) is 37.0. The molecule has 2 aliphatic rings. The number of aromatic nitrogens is 2. The molecule has 0 spiro atoms. The smallest absolute Gasteiger partial charge is 0.301 e. The lowest BCUT2D eigenvalue weighted by molar-refractivity contribution is -0.132. The maximum Gasteiger partial charge on any atom is 0.301 e. The van der Waals surface area contributed by atoms with E-state index in [1.807, 2.05) is 17.5 Å². The van der Waals surface area contributed by atoms with Gasteiger partial charge in [0.1, 0.15) is 11.5 Å². The maximum atomic E-state index is 13.3. The maximum absolute atomic E-state index is 13.3. The Morgan fingerprint density at radius 3 is 2.56 bits per heavy atom. The number of hydrogen-bond acceptors (Lipinski definition) is 7. The number of ketones is 1. The molecule has 1 N–H and O–H groups in total. The number of amides is 1. The molecule has 174 valence electrons. The normalized spacial score (nSPS) is 20.6. The van der Waals surface area contributed by atoms with Crippen LogP contribution in [0.25, 0.3) is 17.0 Å². The van der Waals surface area contributed by atoms with Crippen molar-refractivity contribution in [2.24, 2.45) is 5.92 Å². The number of pyridine rings is 1. The topological polar surface area (TPSA) is 92.6 Å². The van der Waals surface area contributed by atoms with Gasteiger partial charge in [-0.1, -0.05) is 19.3 Å². The second kappa shape index (κ2) is 9.38. The first kappa shape index (κ1) is 22.3. The number of methoxy groups -OCH3 is 1. The van der Waals surface area contributed by atoms with E-state index in [2.05, 4.69) is 4.98 Å². The molecule has 1 atom stereocenters. The van der Waals surface area contributed by atoms with Crippen LogP contribution in [0.2, 0.25) is 0 Å². The van der Waals surface area contributed by atoms with Crippen LogP contribution in [0.3, 0.4) is 0 Å². The van der Waals surface area contributed by atoms with Crippen molar-refractivity contribution in [3.63, 3.8) is 0 Å². The van der Waals surface area contributed by atoms with E-state index in [1.54, 1.807) is 43.8 Å². The highest BCUT2D eigenvalue weighted by atomic mass is 32.1. The minimum atomic E-state index is -0.665. The van der Waals surface area contributed by atoms with Gasteiger partial charge in [0.05, 0.1) is 24.4 Å². The number of carbonyl (C=O) groups excluding carboxylic acids is 2. The Morgan fingerprint density at radius 2 is 1.88 bits per heavy atom. The van der Waals surface area contributed by atoms with Crippen molar-refractivity contribution in [2.45, 2.75) is 38.1 Å². The quantitative estimate of drug-likeness (QED) is 0.315. The summed E-state index contributed by atoms with van der Waals surface area (Å²) in [7, 11) is 1.57. The van der Waals surface area contributed by atoms with E-state index in [1.165, 1.54) is 16.2 Å². The van der Waals surface area contributed by atoms with Crippen LogP contribution in [0, 0.1) is 5.92 Å². The first-order valence-electron chi connectivity index (χ1n) is 11.4. The molecule has 1 amide bonds. The summed E-state index contributed by atoms with van der Waals surface area (Å²) in [6.07, 6.45) is 8.40. The van der Waals surface area contributed by atoms with Crippen LogP contribution in [-0.4, -0.2) is 39.9 Å². The van der Waals surface area contributed by atoms with Gasteiger partial charge in [0.15, 0.2) is 5.13 Å². The second-order valence-electron chi connectivity index (χ2n) is 8.60. The second-order valence-corrected chi connectivity index (χ2v) is 9.43. The summed E-state index contributed by atoms with van der Waals surface area (Å²) in [6, 6.07) is 10.0. The Labute approximate surface area is 201 Å². The largest absolute Gasteiger partial charge is 0.507 e. The van der Waals surface area contributed by atoms with Crippen molar-refractivity contribution in [1.82, 2.24) is 9.97 Å². The minimum Gasteiger partial charge on any atom is -0.507 e. The number of ether oxygens (including phenoxy) is 1. The Hall–Kier alpha value is -3.52. The number of Topliss-reactive ketones (excluding diaryl/α,β-unsaturated/α-hetero) is 1. The van der Waals surface area contributed by atoms with Crippen molar-refractivity contribution >= 4 is 33.9 Å². The molecule has 7 nitrogen and oxygen atoms in total. The molecular formula is C26H25N3O4S. The van der Waals surface area contributed by atoms with Gasteiger partial charge in [-0.25, -0.2) is 4.98 Å². The molecular weight excluding hydrogens is 450 g/mol. The van der Waals surface area contributed by atoms with Crippen LogP contribution in [-0.2, 0) is 9.59 Å². The van der Waals surface area contributed by atoms with Crippen LogP contribution < -0.4 is 9.64 Å². The van der Waals surface area contributed by atoms with Gasteiger partial charge >= 0.3 is 5.91 Å². The lowest BCUT2D eigenvalue weighted by Gasteiger charge is -2.32. The average Bonchev–Trinajstić information content (AvgIpc) is 3.48. The molecule has 5 rings (SSSR count). The highest BCUT2D eigenvalue weighted by Gasteiger charge is 2.50. The summed E-state index contributed by atoms with van der Waals surface area (Å²) in [5.74, 6) is -0.736. The number of benzene rings is 1. The average molecular weight is 476 g/mol. The van der Waals surface area contributed by atoms with Gasteiger partial charge in [-0.15, -0.1) is 11.3 Å². The summed E-state index contributed by atoms with van der Waals surface area (Å²) in [5, 5.41) is 13.6. The van der Waals surface area contributed by atoms with Gasteiger partial charge < -0.3 is 9.84 Å². The van der Waals surface area contributed by atoms with Gasteiger partial charge in [0.25, 0.3) is 5.78 Å². The number of nitrogens with zero attached hydrogens (tertiary/aromatic N) is 3. The van der Waals surface area contributed by atoms with Gasteiger partial charge in [-0.3, -0.25) is 19.5 Å². The van der Waals surface area contributed by atoms with Gasteiger partial charge in [0, 0.05) is 28.9 Å². The van der Waals surface area contributed by atoms with E-state index in [0.29, 0.717) is 22.1 Å². The third kappa shape index (κ3) is 3.98. The van der Waals surface area contributed by atoms with Crippen molar-refractivity contribution in [3.8, 4) is 17.0 Å². The number of hydrogen-bond donors (Lipinski definition) is 1. The molecule has 1 aromatic carbocycles. The van der Waals surface area contributed by atoms with E-state index in [4.69, 9.17) is 9.72 Å². The van der Waals surface area contributed by atoms with Crippen LogP contribution >= 0.6 is 11.3 Å². The molecule has 8 heteroatoms. The SMILES string of the molecule is COc1ccc(/C(O)=C2/C(=O)C(=O)N(c3nc(-c4cccnc4)cs3)C2C2CCCCC2)cc1. The lowest BCUT2D eigenvalue weighted by atomic mass is 9.80. The monoisotopic (exact) mass is 475 g/mol. The number of aliphatic hydroxyl groups excluding tert-OH is 1. The molecule has 0 bridgehead atoms. The molecule has 1 unspecified atom stereocenters. The fourth-order valence-corrected chi connectivity index (χ4v) is 5.76. The minimum absolute atomic E-state index is 0.0743. The number of aliphatic hydroxyl groups is 1. The van der Waals surface area contributed by atoms with Gasteiger partial charge in [-0.05, 0) is 55.2 Å². The van der Waals surface area contributed by atoms with Crippen molar-refractivity contribution < 1.29 is 19.4 Å². The molecule has 2 fully saturated rings. The lowest BCUT2D eigenvalue weighted by Crippen LogP contribution is -2.40. The number of anilines is 1. The first-order valence-corrected chi connectivity index (χ1v) is 12.3. The molecule has 3 heterocycles. The predicted octanol–water partition coefficient (Wildman–Crippen LogP) is 5.05. The first-order chi connectivity index (χ1) is 16.6. The highest BCUT2D eigenvalue weighted by molar-refractivity contribution is 7.14. The third-order valence-corrected chi connectivity index (χ3v) is 7.44. The zero-order valence-corrected chi connectivity index (χ0v) is 19.6. The zero-order chi connectivity index (χ0) is 23.7. The molecule has 1 aliphatic carbocycles. The summed E-state index contributed by atoms with van der Waals surface area (Å²) < 4.78 is 5.20. The van der Waals surface area contributed by atoms with Crippen molar-refractivity contribution in [3.05, 3.63) is 65.3 Å². The van der Waals surface area contributed by atoms with Crippen LogP contribution in [0.15, 0.2) is 59.7 Å². The van der Waals surface area contributed by atoms with E-state index in [-0.39, 0.29) is 17.3 Å². The molecule has 34 heavy (non-hydrogen) atoms. The summed E-state index contributed by atoms with van der Waals surface area (Å²) in [6.45, 7) is 0. The van der Waals surface area contributed by atoms with Crippen molar-refractivity contribution in [1.29, 1.82) is 0 Å². The predicted molar refractivity (Wildman–Crippen MR) is 131 cm³/mol. The van der Waals surface area contributed by atoms with E-state index >= 15 is 0 Å². The van der Waals surface area contributed by atoms with Gasteiger partial charge in [0.2, 0.25) is 0 Å². The highest BCUT2D eigenvalue weighted by Crippen LogP contribution is 2.42. The number of rotatable bonds is 5. The molecule has 1 saturated heterocycles. The Balaban J connectivity index is 1.59. The summed E-state index contributed by atoms with van der Waals surface area (Å²) >= 11 is 1.32. The number of carbonyl (C=O) groups is 2. The van der Waals surface area contributed by atoms with Gasteiger partial charge in [-0.2, -0.15) is 0 Å². The molecule has 3 aromatic rings.